The number of aromatic carboxylic acids is 2. The van der Waals surface area contributed by atoms with Gasteiger partial charge in [0.2, 0.25) is 11.8 Å². The van der Waals surface area contributed by atoms with E-state index >= 15 is 0 Å². The van der Waals surface area contributed by atoms with Gasteiger partial charge in [0, 0.05) is 80.6 Å². The van der Waals surface area contributed by atoms with Crippen molar-refractivity contribution >= 4 is 112 Å². The van der Waals surface area contributed by atoms with Crippen molar-refractivity contribution in [2.75, 3.05) is 56.0 Å². The second kappa shape index (κ2) is 61.8. The molecular formula is C112H189N5O18S4. The molecule has 7 N–H and O–H groups in total. The van der Waals surface area contributed by atoms with Crippen LogP contribution in [0.2, 0.25) is 0 Å². The maximum Gasteiger partial charge on any atom is 0.335 e. The number of thioether (sulfide) groups is 4. The fourth-order valence-corrected chi connectivity index (χ4v) is 15.0. The van der Waals surface area contributed by atoms with Gasteiger partial charge < -0.3 is 49.8 Å². The van der Waals surface area contributed by atoms with E-state index in [0.717, 1.165) is 73.9 Å². The molecule has 0 fully saturated rings. The van der Waals surface area contributed by atoms with Crippen molar-refractivity contribution < 1.29 is 86.6 Å². The monoisotopic (exact) mass is 2020 g/mol. The summed E-state index contributed by atoms with van der Waals surface area (Å²) in [6.45, 7) is 85.2. The summed E-state index contributed by atoms with van der Waals surface area (Å²) in [5, 5.41) is 34.2. The van der Waals surface area contributed by atoms with Crippen molar-refractivity contribution in [3.8, 4) is 0 Å². The SMILES string of the molecule is CC(C)(C)C(=O)NC(SCCOC(=O)C(C)(C)C)c1ccc(C(=O)O)cc1.CC(C)(C)C(=O)NC(SCCOC(=O)C(C)(C)C)c1ccccc1.CC(C)(C)CCCC(=O)C(C)(C)C.CC(C)(C)CCCC(=O)C(C)(C)C.CC(C)(C)NC(SCCOC(=O)C(C)(C)C)c1ccc(C(=O)O)cc1.CC(C)(C)NC(SCCOC(=O)C(C)(C)C)c1ccccc1.CC(C)(C)NCCCC(=O)OC(C)(C)C. The Hall–Kier alpha value is -7.27. The lowest BCUT2D eigenvalue weighted by molar-refractivity contribution is -0.155. The van der Waals surface area contributed by atoms with Gasteiger partial charge in [0.15, 0.2) is 0 Å². The Morgan fingerprint density at radius 2 is 0.547 bits per heavy atom. The standard InChI is InChI=1S/C20H29NO5S.C19H29NO4S.C19H29NO3S.C18H29NO2S.C12H25NO2.2C12H24O/c1-19(2,3)17(24)21-15(13-7-9-14(10-8-13)16(22)23)27-12-11-26-18(25)20(4,5)6;1-18(2,3)17(23)24-11-12-25-15(20-19(4,5)6)13-7-9-14(10-8-13)16(21)22;1-18(2,3)16(21)20-15(14-10-8-7-9-11-14)24-13-12-23-17(22)19(4,5)6;1-17(2,3)16(20)21-12-13-22-15(19-18(4,5)6)14-10-8-7-9-11-14;1-11(2,3)13-9-7-8-10(14)15-12(4,5)6;2*1-11(2,3)9-7-8-10(13)12(4,5)6/h7-10,15H,11-12H2,1-6H3,(H,21,24)(H,22,23);7-10,15,20H,11-12H2,1-6H3,(H,21,22);7-11,15H,12-13H2,1-6H3,(H,20,21);7-11,15,19H,12-13H2,1-6H3;13H,7-9H2,1-6H3;2*7-9H2,1-6H3. The maximum absolute atomic E-state index is 12.4. The summed E-state index contributed by atoms with van der Waals surface area (Å²) < 4.78 is 26.4. The van der Waals surface area contributed by atoms with E-state index in [1.54, 1.807) is 80.3 Å². The minimum absolute atomic E-state index is 0.00413. The van der Waals surface area contributed by atoms with E-state index in [1.165, 1.54) is 29.5 Å². The Kier molecular flexibility index (Phi) is 60.4. The Morgan fingerprint density at radius 1 is 0.295 bits per heavy atom. The lowest BCUT2D eigenvalue weighted by Gasteiger charge is -2.29. The minimum atomic E-state index is -1.00. The highest BCUT2D eigenvalue weighted by molar-refractivity contribution is 8.00. The molecule has 23 nitrogen and oxygen atoms in total. The molecule has 0 bridgehead atoms. The summed E-state index contributed by atoms with van der Waals surface area (Å²) in [5.74, 6) is 0.294. The Morgan fingerprint density at radius 3 is 0.770 bits per heavy atom. The fraction of sp³-hybridized carbons (Fsp3) is 0.688. The quantitative estimate of drug-likeness (QED) is 0.00962. The summed E-state index contributed by atoms with van der Waals surface area (Å²) in [6, 6.07) is 33.4. The normalized spacial score (nSPS) is 13.2. The molecule has 4 rings (SSSR count). The Balaban J connectivity index is -0.00000158. The average Bonchev–Trinajstić information content (AvgIpc) is 0.852. The van der Waals surface area contributed by atoms with Gasteiger partial charge in [-0.25, -0.2) is 9.59 Å². The van der Waals surface area contributed by atoms with Gasteiger partial charge in [0.1, 0.15) is 54.3 Å². The van der Waals surface area contributed by atoms with Gasteiger partial charge >= 0.3 is 41.8 Å². The maximum atomic E-state index is 12.4. The van der Waals surface area contributed by atoms with Crippen LogP contribution in [0.5, 0.6) is 0 Å². The van der Waals surface area contributed by atoms with Crippen LogP contribution in [0.25, 0.3) is 0 Å². The number of ketones is 2. The van der Waals surface area contributed by atoms with Gasteiger partial charge in [0.25, 0.3) is 0 Å². The number of carbonyl (C=O) groups is 11. The van der Waals surface area contributed by atoms with Gasteiger partial charge in [-0.1, -0.05) is 210 Å². The number of carboxylic acid groups (broad SMARTS) is 2. The Bertz CT molecular complexity index is 4230. The smallest absolute Gasteiger partial charge is 0.335 e. The molecule has 2 amide bonds. The van der Waals surface area contributed by atoms with Crippen LogP contribution in [0.3, 0.4) is 0 Å². The third-order valence-corrected chi connectivity index (χ3v) is 23.5. The molecule has 0 radical (unpaired) electrons. The lowest BCUT2D eigenvalue weighted by atomic mass is 9.84. The number of nitrogens with one attached hydrogen (secondary N) is 5. The largest absolute Gasteiger partial charge is 0.478 e. The number of amides is 2. The second-order valence-electron chi connectivity index (χ2n) is 49.5. The average molecular weight is 2020 g/mol. The molecule has 27 heteroatoms. The Labute approximate surface area is 858 Å². The third-order valence-electron chi connectivity index (χ3n) is 19.0. The van der Waals surface area contributed by atoms with Crippen molar-refractivity contribution in [1.29, 1.82) is 0 Å². The summed E-state index contributed by atoms with van der Waals surface area (Å²) >= 11 is 6.39. The molecule has 0 spiro atoms. The molecule has 4 aromatic rings. The summed E-state index contributed by atoms with van der Waals surface area (Å²) in [7, 11) is 0. The first-order chi connectivity index (χ1) is 62.7. The molecule has 4 aromatic carbocycles. The zero-order valence-electron chi connectivity index (χ0n) is 93.8. The summed E-state index contributed by atoms with van der Waals surface area (Å²) in [4.78, 5) is 128. The number of hydrogen-bond acceptors (Lipinski definition) is 23. The van der Waals surface area contributed by atoms with E-state index in [-0.39, 0.29) is 114 Å². The van der Waals surface area contributed by atoms with Crippen LogP contribution < -0.4 is 26.6 Å². The van der Waals surface area contributed by atoms with Gasteiger partial charge in [-0.05, 0) is 262 Å². The molecule has 0 aliphatic heterocycles. The molecule has 794 valence electrons. The highest BCUT2D eigenvalue weighted by Gasteiger charge is 2.33. The van der Waals surface area contributed by atoms with Gasteiger partial charge in [-0.15, -0.1) is 47.0 Å². The highest BCUT2D eigenvalue weighted by atomic mass is 32.2. The number of ether oxygens (including phenoxy) is 5. The van der Waals surface area contributed by atoms with Crippen molar-refractivity contribution in [3.05, 3.63) is 143 Å². The number of carbonyl (C=O) groups excluding carboxylic acids is 9. The van der Waals surface area contributed by atoms with Crippen LogP contribution in [0.4, 0.5) is 0 Å². The molecule has 0 heterocycles. The first-order valence-electron chi connectivity index (χ1n) is 48.8. The second-order valence-corrected chi connectivity index (χ2v) is 54.4. The molecule has 0 aliphatic rings. The topological polar surface area (TPSA) is 335 Å². The van der Waals surface area contributed by atoms with Crippen molar-refractivity contribution in [1.82, 2.24) is 26.6 Å². The number of esters is 5. The van der Waals surface area contributed by atoms with Gasteiger partial charge in [-0.3, -0.25) is 53.8 Å². The number of hydrogen-bond donors (Lipinski definition) is 7. The van der Waals surface area contributed by atoms with E-state index in [2.05, 4.69) is 143 Å². The molecule has 4 atom stereocenters. The zero-order valence-corrected chi connectivity index (χ0v) is 97.0. The van der Waals surface area contributed by atoms with E-state index in [4.69, 9.17) is 33.9 Å². The third kappa shape index (κ3) is 71.8. The summed E-state index contributed by atoms with van der Waals surface area (Å²) in [5.41, 5.74) is 1.57. The number of rotatable bonds is 36. The number of Topliss-reactive ketones (excluding diaryl/α,β-unsaturated/α-hetero) is 2. The molecule has 0 saturated carbocycles. The van der Waals surface area contributed by atoms with Crippen molar-refractivity contribution in [2.45, 2.75) is 386 Å². The van der Waals surface area contributed by atoms with E-state index in [9.17, 15) is 52.7 Å². The van der Waals surface area contributed by atoms with Gasteiger partial charge in [-0.2, -0.15) is 0 Å². The molecular weight excluding hydrogens is 1830 g/mol. The first kappa shape index (κ1) is 136. The predicted molar refractivity (Wildman–Crippen MR) is 581 cm³/mol. The van der Waals surface area contributed by atoms with E-state index in [0.29, 0.717) is 65.9 Å². The zero-order chi connectivity index (χ0) is 109. The molecule has 0 saturated heterocycles. The van der Waals surface area contributed by atoms with Crippen LogP contribution in [0.1, 0.15) is 407 Å². The predicted octanol–water partition coefficient (Wildman–Crippen LogP) is 26.7. The van der Waals surface area contributed by atoms with E-state index < -0.39 is 44.4 Å². The molecule has 0 aliphatic carbocycles. The van der Waals surface area contributed by atoms with Crippen molar-refractivity contribution in [3.63, 3.8) is 0 Å². The van der Waals surface area contributed by atoms with Crippen molar-refractivity contribution in [2.24, 2.45) is 54.1 Å². The van der Waals surface area contributed by atoms with Crippen LogP contribution >= 0.6 is 47.0 Å². The fourth-order valence-electron chi connectivity index (χ4n) is 10.7. The van der Waals surface area contributed by atoms with E-state index in [1.807, 2.05) is 227 Å². The van der Waals surface area contributed by atoms with Crippen LogP contribution in [-0.4, -0.2) is 154 Å². The lowest BCUT2D eigenvalue weighted by Crippen LogP contribution is -2.38. The molecule has 4 unspecified atom stereocenters. The minimum Gasteiger partial charge on any atom is -0.478 e. The molecule has 139 heavy (non-hydrogen) atoms. The summed E-state index contributed by atoms with van der Waals surface area (Å²) in [6.07, 6.45) is 7.11. The van der Waals surface area contributed by atoms with Crippen LogP contribution in [0, 0.1) is 54.1 Å². The number of carboxylic acids is 2. The van der Waals surface area contributed by atoms with Crippen LogP contribution in [0.15, 0.2) is 109 Å². The van der Waals surface area contributed by atoms with Gasteiger partial charge in [0.05, 0.1) is 43.5 Å². The number of benzene rings is 4. The van der Waals surface area contributed by atoms with Crippen LogP contribution in [-0.2, 0) is 66.8 Å². The molecule has 0 aromatic heterocycles. The first-order valence-corrected chi connectivity index (χ1v) is 53.0. The highest BCUT2D eigenvalue weighted by Crippen LogP contribution is 2.35.